The second-order valence-electron chi connectivity index (χ2n) is 6.49. The molecule has 1 aliphatic carbocycles. The Morgan fingerprint density at radius 3 is 3.09 bits per heavy atom. The van der Waals surface area contributed by atoms with Crippen molar-refractivity contribution >= 4 is 5.91 Å². The Bertz CT molecular complexity index is 681. The Morgan fingerprint density at radius 1 is 1.39 bits per heavy atom. The van der Waals surface area contributed by atoms with Crippen molar-refractivity contribution in [3.8, 4) is 11.4 Å². The first kappa shape index (κ1) is 14.4. The van der Waals surface area contributed by atoms with Gasteiger partial charge in [0.15, 0.2) is 0 Å². The number of aryl methyl sites for hydroxylation is 1. The molecule has 1 saturated carbocycles. The number of hydrogen-bond acceptors (Lipinski definition) is 6. The zero-order valence-corrected chi connectivity index (χ0v) is 12.9. The summed E-state index contributed by atoms with van der Waals surface area (Å²) >= 11 is 0. The highest BCUT2D eigenvalue weighted by Gasteiger charge is 2.42. The second-order valence-corrected chi connectivity index (χ2v) is 6.49. The van der Waals surface area contributed by atoms with Gasteiger partial charge in [-0.05, 0) is 30.7 Å². The molecule has 1 saturated heterocycles. The third-order valence-electron chi connectivity index (χ3n) is 5.07. The van der Waals surface area contributed by atoms with Gasteiger partial charge in [0.2, 0.25) is 17.6 Å². The lowest BCUT2D eigenvalue weighted by Crippen LogP contribution is -2.33. The molecule has 2 aliphatic rings. The quantitative estimate of drug-likeness (QED) is 0.917. The van der Waals surface area contributed by atoms with E-state index in [-0.39, 0.29) is 11.9 Å². The Morgan fingerprint density at radius 2 is 2.30 bits per heavy atom. The summed E-state index contributed by atoms with van der Waals surface area (Å²) in [5, 5.41) is 3.90. The zero-order valence-electron chi connectivity index (χ0n) is 12.9. The largest absolute Gasteiger partial charge is 0.472 e. The number of hydrogen-bond donors (Lipinski definition) is 1. The predicted molar refractivity (Wildman–Crippen MR) is 81.1 cm³/mol. The maximum absolute atomic E-state index is 12.4. The molecule has 7 heteroatoms. The monoisotopic (exact) mass is 316 g/mol. The van der Waals surface area contributed by atoms with E-state index in [4.69, 9.17) is 14.7 Å². The van der Waals surface area contributed by atoms with Crippen LogP contribution in [-0.2, 0) is 11.2 Å². The number of carbonyl (C=O) groups excluding carboxylic acids is 1. The van der Waals surface area contributed by atoms with Crippen molar-refractivity contribution in [3.63, 3.8) is 0 Å². The Kier molecular flexibility index (Phi) is 3.65. The molecule has 2 aromatic rings. The Balaban J connectivity index is 1.32. The van der Waals surface area contributed by atoms with Gasteiger partial charge in [0.25, 0.3) is 0 Å². The number of likely N-dealkylation sites (tertiary alicyclic amines) is 1. The zero-order chi connectivity index (χ0) is 15.8. The molecule has 0 aromatic carbocycles. The van der Waals surface area contributed by atoms with E-state index < -0.39 is 0 Å². The highest BCUT2D eigenvalue weighted by atomic mass is 16.5. The minimum absolute atomic E-state index is 0.148. The molecule has 0 spiro atoms. The summed E-state index contributed by atoms with van der Waals surface area (Å²) in [7, 11) is 0. The van der Waals surface area contributed by atoms with Crippen molar-refractivity contribution in [2.45, 2.75) is 31.7 Å². The molecule has 2 fully saturated rings. The van der Waals surface area contributed by atoms with E-state index in [9.17, 15) is 4.79 Å². The maximum atomic E-state index is 12.4. The molecule has 23 heavy (non-hydrogen) atoms. The number of furan rings is 1. The molecule has 2 N–H and O–H groups in total. The third kappa shape index (κ3) is 2.76. The summed E-state index contributed by atoms with van der Waals surface area (Å²) in [6.07, 6.45) is 6.21. The molecule has 3 unspecified atom stereocenters. The van der Waals surface area contributed by atoms with Crippen LogP contribution in [0.3, 0.4) is 0 Å². The number of nitrogens with zero attached hydrogens (tertiary/aromatic N) is 3. The molecular formula is C16H20N4O3. The normalized spacial score (nSPS) is 26.7. The molecule has 0 bridgehead atoms. The van der Waals surface area contributed by atoms with Gasteiger partial charge in [-0.3, -0.25) is 4.79 Å². The van der Waals surface area contributed by atoms with Gasteiger partial charge in [-0.25, -0.2) is 0 Å². The minimum atomic E-state index is 0.148. The number of fused-ring (bicyclic) bond motifs is 1. The van der Waals surface area contributed by atoms with Crippen LogP contribution < -0.4 is 5.73 Å². The van der Waals surface area contributed by atoms with E-state index in [0.29, 0.717) is 36.4 Å². The van der Waals surface area contributed by atoms with E-state index in [2.05, 4.69) is 10.1 Å². The van der Waals surface area contributed by atoms with Crippen molar-refractivity contribution < 1.29 is 13.7 Å². The average Bonchev–Trinajstić information content (AvgIpc) is 3.31. The molecule has 0 radical (unpaired) electrons. The molecule has 7 nitrogen and oxygen atoms in total. The summed E-state index contributed by atoms with van der Waals surface area (Å²) in [5.74, 6) is 2.18. The van der Waals surface area contributed by atoms with Crippen molar-refractivity contribution in [2.75, 3.05) is 13.1 Å². The van der Waals surface area contributed by atoms with Crippen LogP contribution in [0.4, 0.5) is 0 Å². The SMILES string of the molecule is NC1CCC2CN(C(=O)CCc3nc(-c4ccoc4)no3)CC12. The fourth-order valence-electron chi connectivity index (χ4n) is 3.75. The van der Waals surface area contributed by atoms with Gasteiger partial charge in [0.1, 0.15) is 6.26 Å². The number of amides is 1. The first-order chi connectivity index (χ1) is 11.2. The molecule has 2 aromatic heterocycles. The lowest BCUT2D eigenvalue weighted by molar-refractivity contribution is -0.130. The first-order valence-corrected chi connectivity index (χ1v) is 8.09. The average molecular weight is 316 g/mol. The van der Waals surface area contributed by atoms with Crippen LogP contribution in [0.2, 0.25) is 0 Å². The number of carbonyl (C=O) groups is 1. The lowest BCUT2D eigenvalue weighted by atomic mass is 9.98. The summed E-state index contributed by atoms with van der Waals surface area (Å²) < 4.78 is 10.2. The second kappa shape index (κ2) is 5.81. The number of aromatic nitrogens is 2. The van der Waals surface area contributed by atoms with Crippen LogP contribution in [0.15, 0.2) is 27.5 Å². The lowest BCUT2D eigenvalue weighted by Gasteiger charge is -2.18. The molecule has 4 rings (SSSR count). The van der Waals surface area contributed by atoms with Crippen molar-refractivity contribution in [3.05, 3.63) is 24.5 Å². The van der Waals surface area contributed by atoms with Gasteiger partial charge in [0.05, 0.1) is 11.8 Å². The van der Waals surface area contributed by atoms with Crippen LogP contribution in [0.5, 0.6) is 0 Å². The highest BCUT2D eigenvalue weighted by molar-refractivity contribution is 5.76. The van der Waals surface area contributed by atoms with Crippen LogP contribution in [0.25, 0.3) is 11.4 Å². The molecule has 3 heterocycles. The van der Waals surface area contributed by atoms with Gasteiger partial charge < -0.3 is 19.6 Å². The maximum Gasteiger partial charge on any atom is 0.227 e. The van der Waals surface area contributed by atoms with Gasteiger partial charge in [-0.1, -0.05) is 5.16 Å². The van der Waals surface area contributed by atoms with Crippen LogP contribution in [0.1, 0.15) is 25.2 Å². The topological polar surface area (TPSA) is 98.4 Å². The van der Waals surface area contributed by atoms with E-state index in [0.717, 1.165) is 31.5 Å². The Hall–Kier alpha value is -2.15. The van der Waals surface area contributed by atoms with E-state index in [1.54, 1.807) is 18.6 Å². The van der Waals surface area contributed by atoms with Crippen LogP contribution in [0, 0.1) is 11.8 Å². The van der Waals surface area contributed by atoms with Crippen LogP contribution in [-0.4, -0.2) is 40.1 Å². The fourth-order valence-corrected chi connectivity index (χ4v) is 3.75. The predicted octanol–water partition coefficient (Wildman–Crippen LogP) is 1.46. The van der Waals surface area contributed by atoms with Crippen molar-refractivity contribution in [1.82, 2.24) is 15.0 Å². The third-order valence-corrected chi connectivity index (χ3v) is 5.07. The molecule has 122 valence electrons. The van der Waals surface area contributed by atoms with E-state index in [1.807, 2.05) is 4.90 Å². The summed E-state index contributed by atoms with van der Waals surface area (Å²) in [6, 6.07) is 2.03. The molecule has 3 atom stereocenters. The molecular weight excluding hydrogens is 296 g/mol. The van der Waals surface area contributed by atoms with E-state index in [1.165, 1.54) is 0 Å². The fraction of sp³-hybridized carbons (Fsp3) is 0.562. The smallest absolute Gasteiger partial charge is 0.227 e. The van der Waals surface area contributed by atoms with E-state index >= 15 is 0 Å². The van der Waals surface area contributed by atoms with Crippen molar-refractivity contribution in [2.24, 2.45) is 17.6 Å². The number of nitrogens with two attached hydrogens (primary N) is 1. The standard InChI is InChI=1S/C16H20N4O3/c17-13-2-1-10-7-20(8-12(10)13)15(21)4-3-14-18-16(19-23-14)11-5-6-22-9-11/h5-6,9-10,12-13H,1-4,7-8,17H2. The van der Waals surface area contributed by atoms with Gasteiger partial charge in [-0.15, -0.1) is 0 Å². The summed E-state index contributed by atoms with van der Waals surface area (Å²) in [5.41, 5.74) is 6.89. The van der Waals surface area contributed by atoms with Crippen LogP contribution >= 0.6 is 0 Å². The Labute approximate surface area is 133 Å². The van der Waals surface area contributed by atoms with Gasteiger partial charge >= 0.3 is 0 Å². The summed E-state index contributed by atoms with van der Waals surface area (Å²) in [4.78, 5) is 18.6. The molecule has 1 aliphatic heterocycles. The first-order valence-electron chi connectivity index (χ1n) is 8.09. The highest BCUT2D eigenvalue weighted by Crippen LogP contribution is 2.37. The van der Waals surface area contributed by atoms with Gasteiger partial charge in [0, 0.05) is 32.0 Å². The number of rotatable bonds is 4. The summed E-state index contributed by atoms with van der Waals surface area (Å²) in [6.45, 7) is 1.65. The van der Waals surface area contributed by atoms with Gasteiger partial charge in [-0.2, -0.15) is 4.98 Å². The molecule has 1 amide bonds. The minimum Gasteiger partial charge on any atom is -0.472 e. The van der Waals surface area contributed by atoms with Crippen molar-refractivity contribution in [1.29, 1.82) is 0 Å².